The Kier molecular flexibility index (Phi) is 5.18. The zero-order valence-electron chi connectivity index (χ0n) is 13.5. The summed E-state index contributed by atoms with van der Waals surface area (Å²) in [5.74, 6) is 1.34. The van der Waals surface area contributed by atoms with E-state index in [0.29, 0.717) is 24.7 Å². The zero-order chi connectivity index (χ0) is 16.8. The highest BCUT2D eigenvalue weighted by Crippen LogP contribution is 2.13. The Morgan fingerprint density at radius 3 is 2.46 bits per heavy atom. The molecule has 0 spiro atoms. The molecule has 1 aliphatic rings. The highest BCUT2D eigenvalue weighted by Gasteiger charge is 2.13. The van der Waals surface area contributed by atoms with Crippen LogP contribution in [0.2, 0.25) is 0 Å². The summed E-state index contributed by atoms with van der Waals surface area (Å²) in [7, 11) is 1.59. The van der Waals surface area contributed by atoms with Crippen LogP contribution in [0.3, 0.4) is 0 Å². The summed E-state index contributed by atoms with van der Waals surface area (Å²) in [6.07, 6.45) is 6.68. The summed E-state index contributed by atoms with van der Waals surface area (Å²) in [5.41, 5.74) is 1.40. The fraction of sp³-hybridized carbons (Fsp3) is 0.278. The maximum Gasteiger partial charge on any atom is 0.225 e. The Hall–Kier alpha value is -2.73. The predicted octanol–water partition coefficient (Wildman–Crippen LogP) is 2.22. The van der Waals surface area contributed by atoms with Crippen molar-refractivity contribution >= 4 is 17.8 Å². The second kappa shape index (κ2) is 7.70. The number of allylic oxidation sites excluding steroid dienone is 1. The normalized spacial score (nSPS) is 14.8. The maximum atomic E-state index is 12.1. The van der Waals surface area contributed by atoms with Gasteiger partial charge < -0.3 is 14.4 Å². The number of carbonyl (C=O) groups excluding carboxylic acids is 1. The van der Waals surface area contributed by atoms with Crippen LogP contribution in [0.25, 0.3) is 6.08 Å². The quantitative estimate of drug-likeness (QED) is 0.620. The molecular weight excluding hydrogens is 306 g/mol. The molecule has 1 saturated heterocycles. The molecule has 1 fully saturated rings. The van der Waals surface area contributed by atoms with Gasteiger partial charge in [-0.2, -0.15) is 0 Å². The Labute approximate surface area is 140 Å². The third kappa shape index (κ3) is 3.97. The summed E-state index contributed by atoms with van der Waals surface area (Å²) < 4.78 is 10.4. The number of hydrogen-bond acceptors (Lipinski definition) is 6. The van der Waals surface area contributed by atoms with Crippen molar-refractivity contribution in [1.82, 2.24) is 9.97 Å². The third-order valence-corrected chi connectivity index (χ3v) is 3.75. The number of carbonyl (C=O) groups is 1. The van der Waals surface area contributed by atoms with Crippen molar-refractivity contribution < 1.29 is 14.3 Å². The Bertz CT molecular complexity index is 705. The lowest BCUT2D eigenvalue weighted by Gasteiger charge is -2.26. The van der Waals surface area contributed by atoms with Crippen LogP contribution in [0.1, 0.15) is 15.9 Å². The van der Waals surface area contributed by atoms with Crippen molar-refractivity contribution in [1.29, 1.82) is 0 Å². The molecule has 124 valence electrons. The molecule has 1 aromatic heterocycles. The minimum absolute atomic E-state index is 0.0742. The molecule has 0 bridgehead atoms. The van der Waals surface area contributed by atoms with Gasteiger partial charge in [-0.05, 0) is 36.4 Å². The average molecular weight is 325 g/mol. The smallest absolute Gasteiger partial charge is 0.225 e. The molecule has 0 atom stereocenters. The SMILES string of the molecule is COc1ccc(C(=O)/C=C/c2cnc(N3CCOCC3)nc2)cc1. The minimum atomic E-state index is -0.0742. The van der Waals surface area contributed by atoms with Gasteiger partial charge in [-0.3, -0.25) is 4.79 Å². The van der Waals surface area contributed by atoms with E-state index in [1.54, 1.807) is 49.8 Å². The number of ether oxygens (including phenoxy) is 2. The second-order valence-corrected chi connectivity index (χ2v) is 5.34. The predicted molar refractivity (Wildman–Crippen MR) is 91.4 cm³/mol. The second-order valence-electron chi connectivity index (χ2n) is 5.34. The number of aromatic nitrogens is 2. The highest BCUT2D eigenvalue weighted by atomic mass is 16.5. The first-order chi connectivity index (χ1) is 11.8. The van der Waals surface area contributed by atoms with Crippen molar-refractivity contribution in [3.8, 4) is 5.75 Å². The van der Waals surface area contributed by atoms with Gasteiger partial charge in [0, 0.05) is 36.6 Å². The first-order valence-corrected chi connectivity index (χ1v) is 7.77. The minimum Gasteiger partial charge on any atom is -0.497 e. The lowest BCUT2D eigenvalue weighted by atomic mass is 10.1. The van der Waals surface area contributed by atoms with Gasteiger partial charge in [0.25, 0.3) is 0 Å². The van der Waals surface area contributed by atoms with Crippen LogP contribution in [0.5, 0.6) is 5.75 Å². The Morgan fingerprint density at radius 1 is 1.17 bits per heavy atom. The summed E-state index contributed by atoms with van der Waals surface area (Å²) in [5, 5.41) is 0. The zero-order valence-corrected chi connectivity index (χ0v) is 13.5. The third-order valence-electron chi connectivity index (χ3n) is 3.75. The van der Waals surface area contributed by atoms with E-state index in [9.17, 15) is 4.79 Å². The van der Waals surface area contributed by atoms with Crippen molar-refractivity contribution in [2.45, 2.75) is 0 Å². The molecule has 0 saturated carbocycles. The first-order valence-electron chi connectivity index (χ1n) is 7.77. The lowest BCUT2D eigenvalue weighted by Crippen LogP contribution is -2.37. The van der Waals surface area contributed by atoms with Crippen LogP contribution in [0.4, 0.5) is 5.95 Å². The van der Waals surface area contributed by atoms with Crippen LogP contribution < -0.4 is 9.64 Å². The van der Waals surface area contributed by atoms with Crippen molar-refractivity contribution in [2.24, 2.45) is 0 Å². The summed E-state index contributed by atoms with van der Waals surface area (Å²) in [6.45, 7) is 2.99. The van der Waals surface area contributed by atoms with Crippen molar-refractivity contribution in [3.63, 3.8) is 0 Å². The molecular formula is C18H19N3O3. The molecule has 3 rings (SSSR count). The van der Waals surface area contributed by atoms with Crippen LogP contribution >= 0.6 is 0 Å². The van der Waals surface area contributed by atoms with E-state index < -0.39 is 0 Å². The molecule has 6 nitrogen and oxygen atoms in total. The molecule has 1 aromatic carbocycles. The largest absolute Gasteiger partial charge is 0.497 e. The van der Waals surface area contributed by atoms with E-state index in [0.717, 1.165) is 24.4 Å². The van der Waals surface area contributed by atoms with Crippen LogP contribution in [-0.4, -0.2) is 49.2 Å². The summed E-state index contributed by atoms with van der Waals surface area (Å²) in [4.78, 5) is 22.9. The number of morpholine rings is 1. The van der Waals surface area contributed by atoms with E-state index in [-0.39, 0.29) is 5.78 Å². The number of methoxy groups -OCH3 is 1. The Balaban J connectivity index is 1.63. The fourth-order valence-corrected chi connectivity index (χ4v) is 2.37. The highest BCUT2D eigenvalue weighted by molar-refractivity contribution is 6.06. The lowest BCUT2D eigenvalue weighted by molar-refractivity contribution is 0.104. The first kappa shape index (κ1) is 16.1. The number of benzene rings is 1. The molecule has 0 amide bonds. The molecule has 6 heteroatoms. The van der Waals surface area contributed by atoms with Gasteiger partial charge in [-0.1, -0.05) is 0 Å². The Morgan fingerprint density at radius 2 is 1.83 bits per heavy atom. The van der Waals surface area contributed by atoms with E-state index in [2.05, 4.69) is 14.9 Å². The van der Waals surface area contributed by atoms with E-state index in [1.165, 1.54) is 6.08 Å². The van der Waals surface area contributed by atoms with Gasteiger partial charge in [-0.25, -0.2) is 9.97 Å². The van der Waals surface area contributed by atoms with E-state index in [4.69, 9.17) is 9.47 Å². The van der Waals surface area contributed by atoms with E-state index in [1.807, 2.05) is 0 Å². The monoisotopic (exact) mass is 325 g/mol. The van der Waals surface area contributed by atoms with Gasteiger partial charge >= 0.3 is 0 Å². The molecule has 0 N–H and O–H groups in total. The summed E-state index contributed by atoms with van der Waals surface area (Å²) >= 11 is 0. The van der Waals surface area contributed by atoms with Gasteiger partial charge in [0.05, 0.1) is 20.3 Å². The molecule has 0 radical (unpaired) electrons. The van der Waals surface area contributed by atoms with Crippen molar-refractivity contribution in [2.75, 3.05) is 38.3 Å². The van der Waals surface area contributed by atoms with Gasteiger partial charge in [0.2, 0.25) is 5.95 Å². The molecule has 1 aliphatic heterocycles. The number of nitrogens with zero attached hydrogens (tertiary/aromatic N) is 3. The number of hydrogen-bond donors (Lipinski definition) is 0. The molecule has 0 unspecified atom stereocenters. The maximum absolute atomic E-state index is 12.1. The van der Waals surface area contributed by atoms with E-state index >= 15 is 0 Å². The summed E-state index contributed by atoms with van der Waals surface area (Å²) in [6, 6.07) is 7.01. The number of rotatable bonds is 5. The standard InChI is InChI=1S/C18H19N3O3/c1-23-16-5-3-15(4-6-16)17(22)7-2-14-12-19-18(20-13-14)21-8-10-24-11-9-21/h2-7,12-13H,8-11H2,1H3/b7-2+. The van der Waals surface area contributed by atoms with Crippen LogP contribution in [0, 0.1) is 0 Å². The molecule has 2 heterocycles. The van der Waals surface area contributed by atoms with Crippen molar-refractivity contribution in [3.05, 3.63) is 53.9 Å². The van der Waals surface area contributed by atoms with Crippen LogP contribution in [-0.2, 0) is 4.74 Å². The fourth-order valence-electron chi connectivity index (χ4n) is 2.37. The average Bonchev–Trinajstić information content (AvgIpc) is 2.67. The molecule has 0 aliphatic carbocycles. The number of ketones is 1. The van der Waals surface area contributed by atoms with Gasteiger partial charge in [0.1, 0.15) is 5.75 Å². The topological polar surface area (TPSA) is 64.5 Å². The number of anilines is 1. The molecule has 24 heavy (non-hydrogen) atoms. The van der Waals surface area contributed by atoms with Crippen LogP contribution in [0.15, 0.2) is 42.7 Å². The van der Waals surface area contributed by atoms with Gasteiger partial charge in [-0.15, -0.1) is 0 Å². The molecule has 2 aromatic rings. The van der Waals surface area contributed by atoms with Gasteiger partial charge in [0.15, 0.2) is 5.78 Å².